The Morgan fingerprint density at radius 2 is 1.36 bits per heavy atom. The van der Waals surface area contributed by atoms with Crippen molar-refractivity contribution < 1.29 is 0 Å². The topological polar surface area (TPSA) is 12.9 Å². The number of aryl methyl sites for hydroxylation is 1. The monoisotopic (exact) mass is 303 g/mol. The Hall–Kier alpha value is -0.850. The lowest BCUT2D eigenvalue weighted by molar-refractivity contribution is 0.466. The fourth-order valence-corrected chi connectivity index (χ4v) is 3.55. The van der Waals surface area contributed by atoms with E-state index in [9.17, 15) is 0 Å². The van der Waals surface area contributed by atoms with Crippen molar-refractivity contribution in [3.8, 4) is 0 Å². The molecule has 0 unspecified atom stereocenters. The lowest BCUT2D eigenvalue weighted by Gasteiger charge is -2.37. The minimum Gasteiger partial charge on any atom is -0.257 e. The van der Waals surface area contributed by atoms with Crippen LogP contribution in [0.3, 0.4) is 0 Å². The first-order valence-corrected chi connectivity index (χ1v) is 8.89. The van der Waals surface area contributed by atoms with Gasteiger partial charge in [0.2, 0.25) is 0 Å². The molecule has 0 saturated heterocycles. The van der Waals surface area contributed by atoms with E-state index in [2.05, 4.69) is 76.2 Å². The molecule has 0 bridgehead atoms. The van der Waals surface area contributed by atoms with Crippen LogP contribution in [0.1, 0.15) is 116 Å². The van der Waals surface area contributed by atoms with Crippen molar-refractivity contribution in [1.82, 2.24) is 4.98 Å². The third-order valence-electron chi connectivity index (χ3n) is 4.88. The van der Waals surface area contributed by atoms with Gasteiger partial charge in [-0.1, -0.05) is 69.2 Å². The Bertz CT molecular complexity index is 528. The second-order valence-corrected chi connectivity index (χ2v) is 9.04. The highest BCUT2D eigenvalue weighted by molar-refractivity contribution is 5.50. The summed E-state index contributed by atoms with van der Waals surface area (Å²) in [5, 5.41) is 0. The number of nitrogens with zero attached hydrogens (tertiary/aromatic N) is 1. The quantitative estimate of drug-likeness (QED) is 0.609. The van der Waals surface area contributed by atoms with Gasteiger partial charge >= 0.3 is 0 Å². The standard InChI is InChI=1S/C21H37N/c1-12-21(10,11)17-15(6)22-19(14(4)5)16(13(2)3)18(17)20(7,8)9/h13-14H,12H2,1-11H3. The zero-order valence-electron chi connectivity index (χ0n) is 16.8. The van der Waals surface area contributed by atoms with E-state index in [-0.39, 0.29) is 10.8 Å². The summed E-state index contributed by atoms with van der Waals surface area (Å²) in [6.45, 7) is 25.5. The van der Waals surface area contributed by atoms with Crippen LogP contribution in [-0.4, -0.2) is 4.98 Å². The van der Waals surface area contributed by atoms with Gasteiger partial charge in [0, 0.05) is 11.4 Å². The van der Waals surface area contributed by atoms with E-state index in [0.717, 1.165) is 6.42 Å². The molecule has 0 atom stereocenters. The Morgan fingerprint density at radius 1 is 0.864 bits per heavy atom. The predicted molar refractivity (Wildman–Crippen MR) is 99.2 cm³/mol. The zero-order chi connectivity index (χ0) is 17.5. The molecule has 0 N–H and O–H groups in total. The molecule has 0 radical (unpaired) electrons. The van der Waals surface area contributed by atoms with Gasteiger partial charge in [-0.05, 0) is 52.7 Å². The molecule has 0 aliphatic heterocycles. The molecule has 0 saturated carbocycles. The first-order chi connectivity index (χ1) is 9.84. The van der Waals surface area contributed by atoms with Crippen LogP contribution in [0.5, 0.6) is 0 Å². The van der Waals surface area contributed by atoms with E-state index in [4.69, 9.17) is 4.98 Å². The predicted octanol–water partition coefficient (Wildman–Crippen LogP) is 6.62. The summed E-state index contributed by atoms with van der Waals surface area (Å²) in [6.07, 6.45) is 1.14. The summed E-state index contributed by atoms with van der Waals surface area (Å²) in [5.74, 6) is 0.974. The Kier molecular flexibility index (Phi) is 5.53. The van der Waals surface area contributed by atoms with Gasteiger partial charge < -0.3 is 0 Å². The number of hydrogen-bond acceptors (Lipinski definition) is 1. The zero-order valence-corrected chi connectivity index (χ0v) is 16.8. The van der Waals surface area contributed by atoms with Gasteiger partial charge in [-0.3, -0.25) is 4.98 Å². The average molecular weight is 304 g/mol. The summed E-state index contributed by atoms with van der Waals surface area (Å²) >= 11 is 0. The van der Waals surface area contributed by atoms with Crippen LogP contribution in [0.25, 0.3) is 0 Å². The Labute approximate surface area is 138 Å². The van der Waals surface area contributed by atoms with Crippen LogP contribution in [0.2, 0.25) is 0 Å². The fraction of sp³-hybridized carbons (Fsp3) is 0.762. The molecule has 1 heteroatoms. The summed E-state index contributed by atoms with van der Waals surface area (Å²) in [4.78, 5) is 5.08. The van der Waals surface area contributed by atoms with Crippen molar-refractivity contribution in [1.29, 1.82) is 0 Å². The molecular formula is C21H37N. The number of hydrogen-bond donors (Lipinski definition) is 0. The molecule has 1 aromatic rings. The van der Waals surface area contributed by atoms with Gasteiger partial charge in [-0.15, -0.1) is 0 Å². The van der Waals surface area contributed by atoms with Crippen LogP contribution in [0, 0.1) is 6.92 Å². The van der Waals surface area contributed by atoms with Gasteiger partial charge in [0.05, 0.1) is 0 Å². The highest BCUT2D eigenvalue weighted by atomic mass is 14.7. The van der Waals surface area contributed by atoms with Crippen molar-refractivity contribution in [2.24, 2.45) is 0 Å². The minimum atomic E-state index is 0.138. The molecule has 1 aromatic heterocycles. The average Bonchev–Trinajstić information content (AvgIpc) is 2.35. The molecule has 126 valence electrons. The highest BCUT2D eigenvalue weighted by Gasteiger charge is 2.34. The molecule has 22 heavy (non-hydrogen) atoms. The van der Waals surface area contributed by atoms with Crippen molar-refractivity contribution in [3.05, 3.63) is 28.1 Å². The van der Waals surface area contributed by atoms with Gasteiger partial charge in [0.1, 0.15) is 0 Å². The van der Waals surface area contributed by atoms with E-state index in [1.807, 2.05) is 0 Å². The Morgan fingerprint density at radius 3 is 1.68 bits per heavy atom. The van der Waals surface area contributed by atoms with E-state index in [0.29, 0.717) is 11.8 Å². The number of rotatable bonds is 4. The molecule has 1 rings (SSSR count). The van der Waals surface area contributed by atoms with Gasteiger partial charge in [0.25, 0.3) is 0 Å². The molecule has 0 aliphatic rings. The highest BCUT2D eigenvalue weighted by Crippen LogP contribution is 2.43. The maximum absolute atomic E-state index is 5.08. The van der Waals surface area contributed by atoms with Gasteiger partial charge in [-0.2, -0.15) is 0 Å². The molecule has 0 aliphatic carbocycles. The summed E-state index contributed by atoms with van der Waals surface area (Å²) in [6, 6.07) is 0. The van der Waals surface area contributed by atoms with Crippen LogP contribution in [-0.2, 0) is 10.8 Å². The lowest BCUT2D eigenvalue weighted by atomic mass is 9.68. The molecular weight excluding hydrogens is 266 g/mol. The fourth-order valence-electron chi connectivity index (χ4n) is 3.55. The third-order valence-corrected chi connectivity index (χ3v) is 4.88. The van der Waals surface area contributed by atoms with E-state index in [1.54, 1.807) is 5.56 Å². The first-order valence-electron chi connectivity index (χ1n) is 8.89. The molecule has 0 amide bonds. The van der Waals surface area contributed by atoms with Crippen molar-refractivity contribution in [2.75, 3.05) is 0 Å². The molecule has 0 aromatic carbocycles. The normalized spacial score (nSPS) is 13.3. The van der Waals surface area contributed by atoms with E-state index < -0.39 is 0 Å². The maximum Gasteiger partial charge on any atom is 0.0469 e. The van der Waals surface area contributed by atoms with Crippen LogP contribution >= 0.6 is 0 Å². The second kappa shape index (κ2) is 6.34. The number of aromatic nitrogens is 1. The Balaban J connectivity index is 3.99. The second-order valence-electron chi connectivity index (χ2n) is 9.04. The number of pyridine rings is 1. The maximum atomic E-state index is 5.08. The lowest BCUT2D eigenvalue weighted by Crippen LogP contribution is -2.29. The smallest absolute Gasteiger partial charge is 0.0469 e. The van der Waals surface area contributed by atoms with E-state index in [1.165, 1.54) is 22.5 Å². The molecule has 0 spiro atoms. The SMILES string of the molecule is CCC(C)(C)c1c(C)nc(C(C)C)c(C(C)C)c1C(C)(C)C. The van der Waals surface area contributed by atoms with Crippen LogP contribution in [0.15, 0.2) is 0 Å². The minimum absolute atomic E-state index is 0.138. The van der Waals surface area contributed by atoms with Crippen molar-refractivity contribution in [3.63, 3.8) is 0 Å². The van der Waals surface area contributed by atoms with Crippen LogP contribution < -0.4 is 0 Å². The van der Waals surface area contributed by atoms with E-state index >= 15 is 0 Å². The third kappa shape index (κ3) is 3.55. The van der Waals surface area contributed by atoms with Crippen molar-refractivity contribution in [2.45, 2.75) is 105 Å². The summed E-state index contributed by atoms with van der Waals surface area (Å²) in [7, 11) is 0. The van der Waals surface area contributed by atoms with Gasteiger partial charge in [-0.25, -0.2) is 0 Å². The molecule has 1 heterocycles. The van der Waals surface area contributed by atoms with Crippen molar-refractivity contribution >= 4 is 0 Å². The molecule has 1 nitrogen and oxygen atoms in total. The summed E-state index contributed by atoms with van der Waals surface area (Å²) < 4.78 is 0. The van der Waals surface area contributed by atoms with Crippen LogP contribution in [0.4, 0.5) is 0 Å². The largest absolute Gasteiger partial charge is 0.257 e. The first kappa shape index (κ1) is 19.2. The molecule has 0 fully saturated rings. The summed E-state index contributed by atoms with van der Waals surface area (Å²) in [5.41, 5.74) is 7.35. The van der Waals surface area contributed by atoms with Gasteiger partial charge in [0.15, 0.2) is 0 Å².